The van der Waals surface area contributed by atoms with Crippen LogP contribution < -0.4 is 15.0 Å². The van der Waals surface area contributed by atoms with E-state index in [2.05, 4.69) is 28.8 Å². The molecule has 0 unspecified atom stereocenters. The molecule has 1 fully saturated rings. The van der Waals surface area contributed by atoms with Gasteiger partial charge in [-0.3, -0.25) is 0 Å². The van der Waals surface area contributed by atoms with Crippen molar-refractivity contribution in [1.82, 2.24) is 9.97 Å². The zero-order valence-electron chi connectivity index (χ0n) is 18.0. The maximum absolute atomic E-state index is 12.5. The molecule has 0 saturated heterocycles. The number of hydrogen-bond donors (Lipinski definition) is 1. The number of alkyl halides is 3. The van der Waals surface area contributed by atoms with E-state index in [1.165, 1.54) is 31.4 Å². The lowest BCUT2D eigenvalue weighted by atomic mass is 9.95. The second-order valence-corrected chi connectivity index (χ2v) is 8.75. The molecule has 4 rings (SSSR count). The van der Waals surface area contributed by atoms with Crippen molar-refractivity contribution in [2.24, 2.45) is 0 Å². The highest BCUT2D eigenvalue weighted by Crippen LogP contribution is 2.31. The van der Waals surface area contributed by atoms with Gasteiger partial charge in [0.15, 0.2) is 0 Å². The van der Waals surface area contributed by atoms with Gasteiger partial charge >= 0.3 is 6.36 Å². The minimum atomic E-state index is -4.68. The van der Waals surface area contributed by atoms with Crippen molar-refractivity contribution in [3.05, 3.63) is 41.2 Å². The van der Waals surface area contributed by atoms with E-state index in [4.69, 9.17) is 9.97 Å². The van der Waals surface area contributed by atoms with E-state index in [9.17, 15) is 13.2 Å². The van der Waals surface area contributed by atoms with Crippen molar-refractivity contribution in [2.75, 3.05) is 16.8 Å². The molecule has 0 spiro atoms. The van der Waals surface area contributed by atoms with E-state index in [1.54, 1.807) is 6.07 Å². The second kappa shape index (κ2) is 8.93. The monoisotopic (exact) mass is 434 g/mol. The smallest absolute Gasteiger partial charge is 0.406 e. The average Bonchev–Trinajstić information content (AvgIpc) is 2.72. The fourth-order valence-corrected chi connectivity index (χ4v) is 4.32. The number of nitrogens with zero attached hydrogens (tertiary/aromatic N) is 3. The molecule has 0 amide bonds. The third-order valence-corrected chi connectivity index (χ3v) is 5.95. The van der Waals surface area contributed by atoms with Crippen LogP contribution in [0.5, 0.6) is 5.75 Å². The molecule has 168 valence electrons. The Kier molecular flexibility index (Phi) is 6.25. The predicted molar refractivity (Wildman–Crippen MR) is 114 cm³/mol. The molecular formula is C23H29F3N4O. The van der Waals surface area contributed by atoms with E-state index in [-0.39, 0.29) is 11.7 Å². The van der Waals surface area contributed by atoms with Gasteiger partial charge in [0.1, 0.15) is 23.2 Å². The van der Waals surface area contributed by atoms with E-state index < -0.39 is 6.36 Å². The number of hydrogen-bond acceptors (Lipinski definition) is 5. The largest absolute Gasteiger partial charge is 0.573 e. The van der Waals surface area contributed by atoms with Gasteiger partial charge in [-0.05, 0) is 42.5 Å². The molecule has 1 N–H and O–H groups in total. The number of aromatic nitrogens is 2. The lowest BCUT2D eigenvalue weighted by molar-refractivity contribution is -0.274. The summed E-state index contributed by atoms with van der Waals surface area (Å²) < 4.78 is 41.6. The predicted octanol–water partition coefficient (Wildman–Crippen LogP) is 5.81. The topological polar surface area (TPSA) is 50.3 Å². The molecule has 8 heteroatoms. The summed E-state index contributed by atoms with van der Waals surface area (Å²) in [6.45, 7) is 5.44. The van der Waals surface area contributed by atoms with Crippen LogP contribution in [0, 0.1) is 0 Å². The standard InChI is InChI=1S/C23H29F3N4O/c1-15(2)22-28-20(27-18-6-4-3-5-7-18)13-21(29-22)30-11-10-16-12-19(31-23(24,25)26)9-8-17(16)14-30/h8-9,12-13,15,18H,3-7,10-11,14H2,1-2H3,(H,27,28,29). The first-order chi connectivity index (χ1) is 14.8. The molecule has 1 aliphatic carbocycles. The van der Waals surface area contributed by atoms with Crippen LogP contribution >= 0.6 is 0 Å². The third kappa shape index (κ3) is 5.60. The number of anilines is 2. The zero-order valence-corrected chi connectivity index (χ0v) is 18.0. The molecular weight excluding hydrogens is 405 g/mol. The summed E-state index contributed by atoms with van der Waals surface area (Å²) in [5.41, 5.74) is 1.88. The number of ether oxygens (including phenoxy) is 1. The minimum Gasteiger partial charge on any atom is -0.406 e. The van der Waals surface area contributed by atoms with E-state index in [0.29, 0.717) is 25.6 Å². The molecule has 5 nitrogen and oxygen atoms in total. The van der Waals surface area contributed by atoms with Crippen molar-refractivity contribution in [3.8, 4) is 5.75 Å². The minimum absolute atomic E-state index is 0.164. The highest BCUT2D eigenvalue weighted by molar-refractivity contribution is 5.52. The third-order valence-electron chi connectivity index (χ3n) is 5.95. The summed E-state index contributed by atoms with van der Waals surface area (Å²) in [5.74, 6) is 2.56. The number of fused-ring (bicyclic) bond motifs is 1. The summed E-state index contributed by atoms with van der Waals surface area (Å²) in [6, 6.07) is 7.05. The van der Waals surface area contributed by atoms with E-state index in [1.807, 2.05) is 6.07 Å². The van der Waals surface area contributed by atoms with Crippen molar-refractivity contribution in [3.63, 3.8) is 0 Å². The van der Waals surface area contributed by atoms with E-state index in [0.717, 1.165) is 41.4 Å². The normalized spacial score (nSPS) is 17.5. The van der Waals surface area contributed by atoms with Crippen molar-refractivity contribution >= 4 is 11.6 Å². The molecule has 0 radical (unpaired) electrons. The van der Waals surface area contributed by atoms with Crippen molar-refractivity contribution < 1.29 is 17.9 Å². The SMILES string of the molecule is CC(C)c1nc(NC2CCCCC2)cc(N2CCc3cc(OC(F)(F)F)ccc3C2)n1. The van der Waals surface area contributed by atoms with Gasteiger partial charge in [0.2, 0.25) is 0 Å². The molecule has 2 heterocycles. The Morgan fingerprint density at radius 3 is 2.55 bits per heavy atom. The Bertz CT molecular complexity index is 910. The summed E-state index contributed by atoms with van der Waals surface area (Å²) in [6.07, 6.45) is 2.08. The molecule has 0 bridgehead atoms. The van der Waals surface area contributed by atoms with Crippen LogP contribution in [0.15, 0.2) is 24.3 Å². The number of benzene rings is 1. The zero-order chi connectivity index (χ0) is 22.0. The van der Waals surface area contributed by atoms with Crippen LogP contribution in [0.1, 0.15) is 68.8 Å². The van der Waals surface area contributed by atoms with Gasteiger partial charge < -0.3 is 15.0 Å². The van der Waals surface area contributed by atoms with Gasteiger partial charge in [-0.25, -0.2) is 9.97 Å². The van der Waals surface area contributed by atoms with Crippen LogP contribution in [0.3, 0.4) is 0 Å². The highest BCUT2D eigenvalue weighted by Gasteiger charge is 2.31. The molecule has 2 aromatic rings. The molecule has 0 atom stereocenters. The Morgan fingerprint density at radius 1 is 1.06 bits per heavy atom. The highest BCUT2D eigenvalue weighted by atomic mass is 19.4. The lowest BCUT2D eigenvalue weighted by Gasteiger charge is -2.31. The Balaban J connectivity index is 1.54. The average molecular weight is 435 g/mol. The number of nitrogens with one attached hydrogen (secondary N) is 1. The maximum Gasteiger partial charge on any atom is 0.573 e. The lowest BCUT2D eigenvalue weighted by Crippen LogP contribution is -2.32. The Labute approximate surface area is 181 Å². The fraction of sp³-hybridized carbons (Fsp3) is 0.565. The maximum atomic E-state index is 12.5. The second-order valence-electron chi connectivity index (χ2n) is 8.75. The first-order valence-corrected chi connectivity index (χ1v) is 11.0. The summed E-state index contributed by atoms with van der Waals surface area (Å²) in [4.78, 5) is 11.7. The van der Waals surface area contributed by atoms with Gasteiger partial charge in [0.05, 0.1) is 0 Å². The Hall–Kier alpha value is -2.51. The summed E-state index contributed by atoms with van der Waals surface area (Å²) >= 11 is 0. The Morgan fingerprint density at radius 2 is 1.84 bits per heavy atom. The van der Waals surface area contributed by atoms with Crippen molar-refractivity contribution in [1.29, 1.82) is 0 Å². The van der Waals surface area contributed by atoms with Gasteiger partial charge in [-0.1, -0.05) is 39.2 Å². The number of rotatable bonds is 5. The van der Waals surface area contributed by atoms with Gasteiger partial charge in [-0.2, -0.15) is 0 Å². The molecule has 1 aliphatic heterocycles. The van der Waals surface area contributed by atoms with Crippen molar-refractivity contribution in [2.45, 2.75) is 77.2 Å². The number of halogens is 3. The molecule has 1 saturated carbocycles. The molecule has 1 aromatic carbocycles. The summed E-state index contributed by atoms with van der Waals surface area (Å²) in [7, 11) is 0. The quantitative estimate of drug-likeness (QED) is 0.644. The molecule has 31 heavy (non-hydrogen) atoms. The van der Waals surface area contributed by atoms with Gasteiger partial charge in [0.25, 0.3) is 0 Å². The molecule has 2 aliphatic rings. The summed E-state index contributed by atoms with van der Waals surface area (Å²) in [5, 5.41) is 3.60. The van der Waals surface area contributed by atoms with E-state index >= 15 is 0 Å². The fourth-order valence-electron chi connectivity index (χ4n) is 4.32. The van der Waals surface area contributed by atoms with Gasteiger partial charge in [0, 0.05) is 31.1 Å². The first kappa shape index (κ1) is 21.7. The van der Waals surface area contributed by atoms with Crippen LogP contribution in [-0.4, -0.2) is 28.9 Å². The van der Waals surface area contributed by atoms with Crippen LogP contribution in [-0.2, 0) is 13.0 Å². The first-order valence-electron chi connectivity index (χ1n) is 11.0. The van der Waals surface area contributed by atoms with Gasteiger partial charge in [-0.15, -0.1) is 13.2 Å². The van der Waals surface area contributed by atoms with Crippen LogP contribution in [0.4, 0.5) is 24.8 Å². The van der Waals surface area contributed by atoms with Crippen LogP contribution in [0.25, 0.3) is 0 Å². The van der Waals surface area contributed by atoms with Crippen LogP contribution in [0.2, 0.25) is 0 Å². The molecule has 1 aromatic heterocycles.